The minimum Gasteiger partial charge on any atom is -0.356 e. The van der Waals surface area contributed by atoms with Gasteiger partial charge in [-0.1, -0.05) is 48.0 Å². The fraction of sp³-hybridized carbons (Fsp3) is 0.280. The van der Waals surface area contributed by atoms with Gasteiger partial charge in [-0.05, 0) is 30.2 Å². The van der Waals surface area contributed by atoms with Gasteiger partial charge in [-0.15, -0.1) is 0 Å². The van der Waals surface area contributed by atoms with Crippen LogP contribution in [-0.2, 0) is 20.8 Å². The molecule has 4 amide bonds. The Labute approximate surface area is 215 Å². The number of H-pyrrole nitrogens is 1. The van der Waals surface area contributed by atoms with E-state index in [2.05, 4.69) is 21.0 Å². The second kappa shape index (κ2) is 11.4. The van der Waals surface area contributed by atoms with Gasteiger partial charge < -0.3 is 15.6 Å². The van der Waals surface area contributed by atoms with Crippen LogP contribution in [0.5, 0.6) is 0 Å². The Morgan fingerprint density at radius 2 is 1.89 bits per heavy atom. The molecular formula is C25H24ClF2N5O4. The first-order chi connectivity index (χ1) is 17.7. The lowest BCUT2D eigenvalue weighted by molar-refractivity contribution is -0.145. The molecule has 4 rings (SSSR count). The number of nitrogens with zero attached hydrogens (tertiary/aromatic N) is 1. The number of amides is 4. The van der Waals surface area contributed by atoms with E-state index in [-0.39, 0.29) is 30.0 Å². The predicted molar refractivity (Wildman–Crippen MR) is 131 cm³/mol. The number of rotatable bonds is 8. The van der Waals surface area contributed by atoms with Crippen molar-refractivity contribution in [3.63, 3.8) is 0 Å². The van der Waals surface area contributed by atoms with Crippen molar-refractivity contribution in [2.75, 3.05) is 13.1 Å². The molecular weight excluding hydrogens is 508 g/mol. The highest BCUT2D eigenvalue weighted by Crippen LogP contribution is 2.19. The number of alkyl halides is 2. The summed E-state index contributed by atoms with van der Waals surface area (Å²) in [6, 6.07) is 13.2. The first-order valence-corrected chi connectivity index (χ1v) is 12.0. The van der Waals surface area contributed by atoms with E-state index in [0.29, 0.717) is 29.1 Å². The molecule has 0 spiro atoms. The van der Waals surface area contributed by atoms with Gasteiger partial charge in [0.25, 0.3) is 23.4 Å². The van der Waals surface area contributed by atoms with Crippen molar-refractivity contribution in [3.05, 3.63) is 71.7 Å². The molecule has 0 unspecified atom stereocenters. The SMILES string of the molecule is O=C(N[C@@H](Cc1ccccc1)C(=O)NN(C[C@@H]1CCNC1=O)C(=O)[C@H](F)Cl)c1cc2c(F)cccc2[nH]1. The number of aromatic nitrogens is 1. The minimum absolute atomic E-state index is 0.0195. The number of halogens is 3. The van der Waals surface area contributed by atoms with E-state index in [1.54, 1.807) is 36.4 Å². The predicted octanol–water partition coefficient (Wildman–Crippen LogP) is 2.18. The fourth-order valence-electron chi connectivity index (χ4n) is 4.09. The summed E-state index contributed by atoms with van der Waals surface area (Å²) in [4.78, 5) is 53.5. The van der Waals surface area contributed by atoms with Gasteiger partial charge in [0.1, 0.15) is 17.6 Å². The molecule has 1 fully saturated rings. The molecule has 2 heterocycles. The fourth-order valence-corrected chi connectivity index (χ4v) is 4.21. The van der Waals surface area contributed by atoms with Crippen LogP contribution >= 0.6 is 11.6 Å². The average molecular weight is 532 g/mol. The lowest BCUT2D eigenvalue weighted by atomic mass is 10.1. The lowest BCUT2D eigenvalue weighted by Gasteiger charge is -2.28. The van der Waals surface area contributed by atoms with Crippen molar-refractivity contribution in [2.45, 2.75) is 24.5 Å². The lowest BCUT2D eigenvalue weighted by Crippen LogP contribution is -2.57. The van der Waals surface area contributed by atoms with Gasteiger partial charge in [0, 0.05) is 23.9 Å². The molecule has 37 heavy (non-hydrogen) atoms. The molecule has 0 radical (unpaired) electrons. The van der Waals surface area contributed by atoms with Gasteiger partial charge in [0.2, 0.25) is 5.91 Å². The third-order valence-corrected chi connectivity index (χ3v) is 6.21. The molecule has 3 atom stereocenters. The van der Waals surface area contributed by atoms with Gasteiger partial charge in [-0.25, -0.2) is 13.8 Å². The molecule has 3 aromatic rings. The maximum atomic E-state index is 14.1. The summed E-state index contributed by atoms with van der Waals surface area (Å²) < 4.78 is 27.8. The molecule has 1 aliphatic heterocycles. The van der Waals surface area contributed by atoms with E-state index in [0.717, 1.165) is 0 Å². The Morgan fingerprint density at radius 3 is 2.54 bits per heavy atom. The molecule has 194 valence electrons. The number of aromatic amines is 1. The topological polar surface area (TPSA) is 123 Å². The van der Waals surface area contributed by atoms with E-state index in [4.69, 9.17) is 11.6 Å². The Morgan fingerprint density at radius 1 is 1.14 bits per heavy atom. The normalized spacial score (nSPS) is 16.6. The first kappa shape index (κ1) is 26.1. The Balaban J connectivity index is 1.56. The highest BCUT2D eigenvalue weighted by molar-refractivity contribution is 6.29. The van der Waals surface area contributed by atoms with Crippen LogP contribution in [0.3, 0.4) is 0 Å². The minimum atomic E-state index is -2.45. The molecule has 0 saturated carbocycles. The molecule has 0 bridgehead atoms. The van der Waals surface area contributed by atoms with Crippen LogP contribution in [-0.4, -0.2) is 58.4 Å². The average Bonchev–Trinajstić information content (AvgIpc) is 3.50. The third-order valence-electron chi connectivity index (χ3n) is 6.02. The number of benzene rings is 2. The zero-order valence-corrected chi connectivity index (χ0v) is 20.2. The molecule has 9 nitrogen and oxygen atoms in total. The van der Waals surface area contributed by atoms with E-state index in [1.807, 2.05) is 0 Å². The number of carbonyl (C=O) groups is 4. The van der Waals surface area contributed by atoms with Gasteiger partial charge in [-0.2, -0.15) is 0 Å². The van der Waals surface area contributed by atoms with Gasteiger partial charge in [-0.3, -0.25) is 24.6 Å². The molecule has 2 aromatic carbocycles. The number of hydrogen-bond donors (Lipinski definition) is 4. The van der Waals surface area contributed by atoms with E-state index in [1.165, 1.54) is 18.2 Å². The smallest absolute Gasteiger partial charge is 0.291 e. The van der Waals surface area contributed by atoms with E-state index >= 15 is 0 Å². The molecule has 4 N–H and O–H groups in total. The monoisotopic (exact) mass is 531 g/mol. The Hall–Kier alpha value is -3.99. The van der Waals surface area contributed by atoms with Crippen molar-refractivity contribution < 1.29 is 28.0 Å². The summed E-state index contributed by atoms with van der Waals surface area (Å²) in [5, 5.41) is 6.07. The van der Waals surface area contributed by atoms with Gasteiger partial charge in [0.15, 0.2) is 0 Å². The summed E-state index contributed by atoms with van der Waals surface area (Å²) in [6.07, 6.45) is 0.414. The van der Waals surface area contributed by atoms with E-state index in [9.17, 15) is 28.0 Å². The number of hydrazine groups is 1. The quantitative estimate of drug-likeness (QED) is 0.263. The summed E-state index contributed by atoms with van der Waals surface area (Å²) in [5.74, 6) is -4.28. The second-order valence-corrected chi connectivity index (χ2v) is 8.99. The Bertz CT molecular complexity index is 1320. The van der Waals surface area contributed by atoms with E-state index < -0.39 is 41.1 Å². The number of nitrogens with one attached hydrogen (secondary N) is 4. The Kier molecular flexibility index (Phi) is 8.02. The summed E-state index contributed by atoms with van der Waals surface area (Å²) in [6.45, 7) is 0.0913. The molecule has 0 aliphatic carbocycles. The zero-order valence-electron chi connectivity index (χ0n) is 19.5. The van der Waals surface area contributed by atoms with Crippen molar-refractivity contribution >= 4 is 46.1 Å². The third kappa shape index (κ3) is 6.23. The second-order valence-electron chi connectivity index (χ2n) is 8.60. The first-order valence-electron chi connectivity index (χ1n) is 11.5. The van der Waals surface area contributed by atoms with Crippen LogP contribution in [0.1, 0.15) is 22.5 Å². The number of carbonyl (C=O) groups excluding carboxylic acids is 4. The number of hydrogen-bond acceptors (Lipinski definition) is 4. The van der Waals surface area contributed by atoms with Crippen molar-refractivity contribution in [3.8, 4) is 0 Å². The van der Waals surface area contributed by atoms with Gasteiger partial charge >= 0.3 is 0 Å². The summed E-state index contributed by atoms with van der Waals surface area (Å²) >= 11 is 5.34. The zero-order chi connectivity index (χ0) is 26.5. The van der Waals surface area contributed by atoms with Crippen LogP contribution in [0.4, 0.5) is 8.78 Å². The van der Waals surface area contributed by atoms with Crippen LogP contribution in [0.2, 0.25) is 0 Å². The van der Waals surface area contributed by atoms with Crippen LogP contribution < -0.4 is 16.1 Å². The van der Waals surface area contributed by atoms with Gasteiger partial charge in [0.05, 0.1) is 12.5 Å². The van der Waals surface area contributed by atoms with Crippen molar-refractivity contribution in [1.82, 2.24) is 26.1 Å². The van der Waals surface area contributed by atoms with Crippen LogP contribution in [0, 0.1) is 11.7 Å². The molecule has 1 aliphatic rings. The molecule has 1 aromatic heterocycles. The standard InChI is InChI=1S/C25H24ClF2N5O4/c26-21(28)25(37)33(13-15-9-10-29-22(15)34)32-24(36)19(11-14-5-2-1-3-6-14)31-23(35)20-12-16-17(27)7-4-8-18(16)30-20/h1-8,12,15,19,21,30H,9-11,13H2,(H,29,34)(H,31,35)(H,32,36)/t15-,19-,21-/m0/s1. The maximum Gasteiger partial charge on any atom is 0.291 e. The summed E-state index contributed by atoms with van der Waals surface area (Å²) in [7, 11) is 0. The highest BCUT2D eigenvalue weighted by Gasteiger charge is 2.33. The van der Waals surface area contributed by atoms with Crippen LogP contribution in [0.15, 0.2) is 54.6 Å². The largest absolute Gasteiger partial charge is 0.356 e. The molecule has 12 heteroatoms. The molecule has 1 saturated heterocycles. The summed E-state index contributed by atoms with van der Waals surface area (Å²) in [5.41, 5.74) is 0.977. The maximum absolute atomic E-state index is 14.1. The van der Waals surface area contributed by atoms with Crippen LogP contribution in [0.25, 0.3) is 10.9 Å². The number of fused-ring (bicyclic) bond motifs is 1. The van der Waals surface area contributed by atoms with Crippen molar-refractivity contribution in [1.29, 1.82) is 0 Å². The van der Waals surface area contributed by atoms with Crippen molar-refractivity contribution in [2.24, 2.45) is 5.92 Å². The highest BCUT2D eigenvalue weighted by atomic mass is 35.5.